The molecular weight excluding hydrogens is 440 g/mol. The second-order valence-electron chi connectivity index (χ2n) is 8.80. The van der Waals surface area contributed by atoms with Gasteiger partial charge in [0.1, 0.15) is 0 Å². The van der Waals surface area contributed by atoms with Gasteiger partial charge in [0, 0.05) is 29.3 Å². The number of nitrogens with zero attached hydrogens (tertiary/aromatic N) is 5. The number of likely N-dealkylation sites (tertiary alicyclic amines) is 1. The summed E-state index contributed by atoms with van der Waals surface area (Å²) in [5.41, 5.74) is 2.85. The molecule has 0 spiro atoms. The number of halogens is 1. The zero-order chi connectivity index (χ0) is 22.8. The summed E-state index contributed by atoms with van der Waals surface area (Å²) in [4.78, 5) is 11.5. The molecule has 8 nitrogen and oxygen atoms in total. The lowest BCUT2D eigenvalue weighted by Gasteiger charge is -2.36. The van der Waals surface area contributed by atoms with Gasteiger partial charge in [-0.05, 0) is 56.0 Å². The maximum absolute atomic E-state index is 10.1. The third-order valence-electron chi connectivity index (χ3n) is 6.61. The Kier molecular flexibility index (Phi) is 6.59. The quantitative estimate of drug-likeness (QED) is 0.510. The van der Waals surface area contributed by atoms with Crippen LogP contribution in [0.4, 0.5) is 11.6 Å². The Morgan fingerprint density at radius 3 is 2.85 bits per heavy atom. The Balaban J connectivity index is 1.30. The van der Waals surface area contributed by atoms with Gasteiger partial charge in [-0.1, -0.05) is 17.7 Å². The van der Waals surface area contributed by atoms with Gasteiger partial charge in [0.25, 0.3) is 0 Å². The SMILES string of the molecule is C=CCCn1cc(Nc2ncc3cc(Cl)c(C4CCN([C@H]5COC[C@H]5O)CC4)cc3n2)cn1. The van der Waals surface area contributed by atoms with Gasteiger partial charge in [0.2, 0.25) is 5.95 Å². The first-order chi connectivity index (χ1) is 16.1. The number of hydrogen-bond acceptors (Lipinski definition) is 7. The monoisotopic (exact) mass is 468 g/mol. The van der Waals surface area contributed by atoms with E-state index in [2.05, 4.69) is 32.9 Å². The van der Waals surface area contributed by atoms with E-state index in [9.17, 15) is 5.11 Å². The Hall–Kier alpha value is -2.52. The van der Waals surface area contributed by atoms with Crippen molar-refractivity contribution in [2.24, 2.45) is 0 Å². The van der Waals surface area contributed by atoms with Gasteiger partial charge >= 0.3 is 0 Å². The van der Waals surface area contributed by atoms with E-state index in [1.54, 1.807) is 12.4 Å². The summed E-state index contributed by atoms with van der Waals surface area (Å²) in [5.74, 6) is 0.899. The van der Waals surface area contributed by atoms with Crippen molar-refractivity contribution in [1.29, 1.82) is 0 Å². The largest absolute Gasteiger partial charge is 0.389 e. The highest BCUT2D eigenvalue weighted by atomic mass is 35.5. The zero-order valence-corrected chi connectivity index (χ0v) is 19.3. The number of benzene rings is 1. The van der Waals surface area contributed by atoms with Gasteiger partial charge in [0.05, 0.1) is 42.8 Å². The van der Waals surface area contributed by atoms with Crippen molar-refractivity contribution < 1.29 is 9.84 Å². The first kappa shape index (κ1) is 22.3. The van der Waals surface area contributed by atoms with E-state index in [1.165, 1.54) is 0 Å². The fraction of sp³-hybridized carbons (Fsp3) is 0.458. The highest BCUT2D eigenvalue weighted by Crippen LogP contribution is 2.36. The predicted molar refractivity (Wildman–Crippen MR) is 129 cm³/mol. The first-order valence-corrected chi connectivity index (χ1v) is 11.8. The molecule has 0 aliphatic carbocycles. The van der Waals surface area contributed by atoms with Crippen LogP contribution in [0.2, 0.25) is 5.02 Å². The number of aliphatic hydroxyl groups excluding tert-OH is 1. The topological polar surface area (TPSA) is 88.3 Å². The molecule has 0 bridgehead atoms. The van der Waals surface area contributed by atoms with Gasteiger partial charge < -0.3 is 15.2 Å². The van der Waals surface area contributed by atoms with E-state index in [-0.39, 0.29) is 12.1 Å². The number of nitrogens with one attached hydrogen (secondary N) is 1. The van der Waals surface area contributed by atoms with Crippen LogP contribution in [0.15, 0.2) is 43.4 Å². The van der Waals surface area contributed by atoms with E-state index in [0.717, 1.165) is 66.1 Å². The fourth-order valence-corrected chi connectivity index (χ4v) is 5.09. The molecule has 33 heavy (non-hydrogen) atoms. The molecule has 2 saturated heterocycles. The fourth-order valence-electron chi connectivity index (χ4n) is 4.77. The van der Waals surface area contributed by atoms with E-state index >= 15 is 0 Å². The number of hydrogen-bond donors (Lipinski definition) is 2. The van der Waals surface area contributed by atoms with Crippen molar-refractivity contribution in [3.05, 3.63) is 54.0 Å². The standard InChI is InChI=1S/C24H29ClN6O2/c1-2-3-6-31-13-18(12-27-31)28-24-26-11-17-9-20(25)19(10-21(17)29-24)16-4-7-30(8-5-16)22-14-33-15-23(22)32/h2,9-13,16,22-23,32H,1,3-8,14-15H2,(H,26,28,29)/t22-,23+/m0/s1. The second-order valence-corrected chi connectivity index (χ2v) is 9.21. The molecular formula is C24H29ClN6O2. The molecule has 4 heterocycles. The van der Waals surface area contributed by atoms with Crippen LogP contribution in [0.3, 0.4) is 0 Å². The van der Waals surface area contributed by atoms with Crippen LogP contribution in [0.1, 0.15) is 30.7 Å². The van der Waals surface area contributed by atoms with Crippen molar-refractivity contribution in [3.63, 3.8) is 0 Å². The van der Waals surface area contributed by atoms with Gasteiger partial charge in [-0.25, -0.2) is 9.97 Å². The summed E-state index contributed by atoms with van der Waals surface area (Å²) in [6.45, 7) is 7.44. The van der Waals surface area contributed by atoms with Crippen LogP contribution in [0.5, 0.6) is 0 Å². The second kappa shape index (κ2) is 9.77. The van der Waals surface area contributed by atoms with Crippen molar-refractivity contribution in [3.8, 4) is 0 Å². The summed E-state index contributed by atoms with van der Waals surface area (Å²) in [7, 11) is 0. The number of aryl methyl sites for hydroxylation is 1. The van der Waals surface area contributed by atoms with Crippen molar-refractivity contribution >= 4 is 34.1 Å². The third-order valence-corrected chi connectivity index (χ3v) is 6.94. The summed E-state index contributed by atoms with van der Waals surface area (Å²) in [6.07, 6.45) is 9.85. The molecule has 174 valence electrons. The molecule has 2 N–H and O–H groups in total. The minimum absolute atomic E-state index is 0.112. The maximum Gasteiger partial charge on any atom is 0.227 e. The van der Waals surface area contributed by atoms with Gasteiger partial charge in [0.15, 0.2) is 0 Å². The van der Waals surface area contributed by atoms with Crippen molar-refractivity contribution in [2.75, 3.05) is 31.6 Å². The van der Waals surface area contributed by atoms with Crippen molar-refractivity contribution in [2.45, 2.75) is 43.9 Å². The molecule has 0 unspecified atom stereocenters. The molecule has 0 radical (unpaired) electrons. The summed E-state index contributed by atoms with van der Waals surface area (Å²) in [5, 5.41) is 19.4. The molecule has 0 saturated carbocycles. The van der Waals surface area contributed by atoms with Crippen LogP contribution < -0.4 is 5.32 Å². The van der Waals surface area contributed by atoms with Gasteiger partial charge in [-0.3, -0.25) is 9.58 Å². The first-order valence-electron chi connectivity index (χ1n) is 11.5. The molecule has 5 rings (SSSR count). The third kappa shape index (κ3) is 4.89. The van der Waals surface area contributed by atoms with Crippen LogP contribution >= 0.6 is 11.6 Å². The average molecular weight is 469 g/mol. The van der Waals surface area contributed by atoms with E-state index in [0.29, 0.717) is 25.1 Å². The Labute approximate surface area is 198 Å². The van der Waals surface area contributed by atoms with Crippen LogP contribution in [0, 0.1) is 0 Å². The number of aliphatic hydroxyl groups is 1. The normalized spacial score (nSPS) is 22.1. The Bertz CT molecular complexity index is 1130. The summed E-state index contributed by atoms with van der Waals surface area (Å²) in [6, 6.07) is 4.18. The molecule has 1 aromatic carbocycles. The van der Waals surface area contributed by atoms with E-state index in [1.807, 2.05) is 23.0 Å². The number of ether oxygens (including phenoxy) is 1. The number of anilines is 2. The van der Waals surface area contributed by atoms with Crippen LogP contribution in [-0.4, -0.2) is 68.2 Å². The minimum Gasteiger partial charge on any atom is -0.389 e. The molecule has 3 aromatic rings. The lowest BCUT2D eigenvalue weighted by Crippen LogP contribution is -2.46. The maximum atomic E-state index is 10.1. The predicted octanol–water partition coefficient (Wildman–Crippen LogP) is 3.74. The molecule has 0 amide bonds. The molecule has 2 aromatic heterocycles. The lowest BCUT2D eigenvalue weighted by atomic mass is 9.88. The smallest absolute Gasteiger partial charge is 0.227 e. The Morgan fingerprint density at radius 2 is 2.09 bits per heavy atom. The zero-order valence-electron chi connectivity index (χ0n) is 18.5. The lowest BCUT2D eigenvalue weighted by molar-refractivity contribution is 0.0663. The van der Waals surface area contributed by atoms with Gasteiger partial charge in [-0.15, -0.1) is 6.58 Å². The van der Waals surface area contributed by atoms with Crippen LogP contribution in [0.25, 0.3) is 10.9 Å². The highest BCUT2D eigenvalue weighted by Gasteiger charge is 2.34. The summed E-state index contributed by atoms with van der Waals surface area (Å²) >= 11 is 6.67. The molecule has 2 aliphatic rings. The molecule has 2 fully saturated rings. The summed E-state index contributed by atoms with van der Waals surface area (Å²) < 4.78 is 7.30. The van der Waals surface area contributed by atoms with Crippen LogP contribution in [-0.2, 0) is 11.3 Å². The Morgan fingerprint density at radius 1 is 1.24 bits per heavy atom. The average Bonchev–Trinajstić information content (AvgIpc) is 3.46. The van der Waals surface area contributed by atoms with Gasteiger partial charge in [-0.2, -0.15) is 5.10 Å². The number of rotatable bonds is 7. The van der Waals surface area contributed by atoms with Crippen molar-refractivity contribution in [1.82, 2.24) is 24.6 Å². The van der Waals surface area contributed by atoms with E-state index in [4.69, 9.17) is 21.3 Å². The highest BCUT2D eigenvalue weighted by molar-refractivity contribution is 6.32. The van der Waals surface area contributed by atoms with E-state index < -0.39 is 0 Å². The molecule has 2 aliphatic heterocycles. The number of piperidine rings is 1. The minimum atomic E-state index is -0.387. The molecule has 9 heteroatoms. The number of aromatic nitrogens is 4. The number of allylic oxidation sites excluding steroid dienone is 1. The number of fused-ring (bicyclic) bond motifs is 1. The molecule has 2 atom stereocenters.